The molecule has 2 rings (SSSR count). The molecule has 112 valence electrons. The number of ether oxygens (including phenoxy) is 1. The van der Waals surface area contributed by atoms with Crippen molar-refractivity contribution in [2.24, 2.45) is 0 Å². The van der Waals surface area contributed by atoms with Gasteiger partial charge in [-0.3, -0.25) is 10.1 Å². The Morgan fingerprint density at radius 1 is 1.55 bits per heavy atom. The molecule has 1 heterocycles. The first kappa shape index (κ1) is 17.3. The van der Waals surface area contributed by atoms with Crippen LogP contribution in [0.25, 0.3) is 0 Å². The van der Waals surface area contributed by atoms with Crippen LogP contribution in [0.5, 0.6) is 0 Å². The van der Waals surface area contributed by atoms with E-state index in [2.05, 4.69) is 10.6 Å². The molecule has 0 radical (unpaired) electrons. The molecule has 1 amide bonds. The molecule has 0 aromatic heterocycles. The van der Waals surface area contributed by atoms with Gasteiger partial charge in [-0.25, -0.2) is 0 Å². The highest BCUT2D eigenvalue weighted by molar-refractivity contribution is 7.99. The number of benzene rings is 1. The zero-order valence-corrected chi connectivity index (χ0v) is 13.4. The molecule has 2 N–H and O–H groups in total. The van der Waals surface area contributed by atoms with E-state index < -0.39 is 0 Å². The Labute approximate surface area is 130 Å². The number of anilines is 1. The fourth-order valence-electron chi connectivity index (χ4n) is 1.79. The molecule has 6 heteroatoms. The van der Waals surface area contributed by atoms with Gasteiger partial charge in [0.25, 0.3) is 0 Å². The lowest BCUT2D eigenvalue weighted by atomic mass is 10.2. The molecule has 1 aromatic carbocycles. The number of carbonyl (C=O) groups is 1. The van der Waals surface area contributed by atoms with Crippen LogP contribution in [0, 0.1) is 0 Å². The van der Waals surface area contributed by atoms with Crippen LogP contribution in [0.4, 0.5) is 5.69 Å². The van der Waals surface area contributed by atoms with Gasteiger partial charge in [-0.2, -0.15) is 0 Å². The van der Waals surface area contributed by atoms with Crippen LogP contribution >= 0.6 is 24.2 Å². The van der Waals surface area contributed by atoms with Crippen molar-refractivity contribution in [1.82, 2.24) is 5.32 Å². The Balaban J connectivity index is 0.00000200. The molecule has 1 aliphatic heterocycles. The van der Waals surface area contributed by atoms with Crippen molar-refractivity contribution in [1.29, 1.82) is 0 Å². The van der Waals surface area contributed by atoms with Crippen LogP contribution in [0.3, 0.4) is 0 Å². The van der Waals surface area contributed by atoms with Crippen LogP contribution in [-0.4, -0.2) is 29.7 Å². The lowest BCUT2D eigenvalue weighted by Gasteiger charge is -2.12. The fourth-order valence-corrected chi connectivity index (χ4v) is 2.74. The normalized spacial score (nSPS) is 17.9. The van der Waals surface area contributed by atoms with Gasteiger partial charge in [-0.05, 0) is 31.5 Å². The summed E-state index contributed by atoms with van der Waals surface area (Å²) in [5.74, 6) is 1.72. The van der Waals surface area contributed by atoms with E-state index in [0.29, 0.717) is 6.61 Å². The Morgan fingerprint density at radius 3 is 3.00 bits per heavy atom. The van der Waals surface area contributed by atoms with Crippen LogP contribution in [0.15, 0.2) is 24.3 Å². The number of hydrogen-bond donors (Lipinski definition) is 2. The standard InChI is InChI=1S/C14H20N2O2S.ClH/c1-10(2)18-7-11-4-3-5-12(6-11)16-14(17)13-8-19-9-15-13;/h3-6,10,13,15H,7-9H2,1-2H3,(H,16,17);1H. The Bertz CT molecular complexity index is 437. The lowest BCUT2D eigenvalue weighted by Crippen LogP contribution is -2.37. The van der Waals surface area contributed by atoms with E-state index in [9.17, 15) is 4.79 Å². The highest BCUT2D eigenvalue weighted by Crippen LogP contribution is 2.15. The number of nitrogens with one attached hydrogen (secondary N) is 2. The van der Waals surface area contributed by atoms with Crippen LogP contribution in [0.1, 0.15) is 19.4 Å². The van der Waals surface area contributed by atoms with Crippen molar-refractivity contribution in [2.75, 3.05) is 16.9 Å². The van der Waals surface area contributed by atoms with E-state index in [-0.39, 0.29) is 30.5 Å². The van der Waals surface area contributed by atoms with Gasteiger partial charge in [-0.1, -0.05) is 12.1 Å². The Kier molecular flexibility index (Phi) is 7.37. The Hall–Kier alpha value is -0.750. The largest absolute Gasteiger partial charge is 0.374 e. The summed E-state index contributed by atoms with van der Waals surface area (Å²) in [6.07, 6.45) is 0.206. The van der Waals surface area contributed by atoms with Crippen molar-refractivity contribution in [3.8, 4) is 0 Å². The van der Waals surface area contributed by atoms with Gasteiger partial charge in [0.05, 0.1) is 18.8 Å². The molecular weight excluding hydrogens is 296 g/mol. The minimum atomic E-state index is -0.0828. The minimum Gasteiger partial charge on any atom is -0.374 e. The molecule has 1 saturated heterocycles. The average molecular weight is 317 g/mol. The first-order valence-corrected chi connectivity index (χ1v) is 7.63. The monoisotopic (exact) mass is 316 g/mol. The zero-order chi connectivity index (χ0) is 13.7. The topological polar surface area (TPSA) is 50.4 Å². The molecule has 1 aliphatic rings. The van der Waals surface area contributed by atoms with Gasteiger partial charge in [0.1, 0.15) is 0 Å². The second-order valence-electron chi connectivity index (χ2n) is 4.82. The quantitative estimate of drug-likeness (QED) is 0.877. The smallest absolute Gasteiger partial charge is 0.242 e. The SMILES string of the molecule is CC(C)OCc1cccc(NC(=O)C2CSCN2)c1.Cl. The van der Waals surface area contributed by atoms with E-state index in [0.717, 1.165) is 22.9 Å². The number of thioether (sulfide) groups is 1. The second-order valence-corrected chi connectivity index (χ2v) is 5.85. The predicted molar refractivity (Wildman–Crippen MR) is 86.5 cm³/mol. The Morgan fingerprint density at radius 2 is 2.35 bits per heavy atom. The maximum absolute atomic E-state index is 12.0. The average Bonchev–Trinajstić information content (AvgIpc) is 2.91. The molecule has 1 atom stereocenters. The van der Waals surface area contributed by atoms with E-state index in [1.54, 1.807) is 11.8 Å². The molecule has 0 aliphatic carbocycles. The molecule has 20 heavy (non-hydrogen) atoms. The van der Waals surface area contributed by atoms with Gasteiger partial charge in [0, 0.05) is 17.3 Å². The number of halogens is 1. The first-order valence-electron chi connectivity index (χ1n) is 6.47. The maximum atomic E-state index is 12.0. The minimum absolute atomic E-state index is 0. The maximum Gasteiger partial charge on any atom is 0.242 e. The molecule has 0 bridgehead atoms. The van der Waals surface area contributed by atoms with Crippen LogP contribution in [0.2, 0.25) is 0 Å². The molecule has 1 fully saturated rings. The first-order chi connectivity index (χ1) is 9.15. The molecule has 4 nitrogen and oxygen atoms in total. The van der Waals surface area contributed by atoms with Gasteiger partial charge in [0.15, 0.2) is 0 Å². The van der Waals surface area contributed by atoms with Crippen molar-refractivity contribution < 1.29 is 9.53 Å². The number of amides is 1. The van der Waals surface area contributed by atoms with E-state index >= 15 is 0 Å². The summed E-state index contributed by atoms with van der Waals surface area (Å²) >= 11 is 1.74. The number of carbonyl (C=O) groups excluding carboxylic acids is 1. The molecule has 0 spiro atoms. The third-order valence-corrected chi connectivity index (χ3v) is 3.75. The molecule has 1 unspecified atom stereocenters. The third kappa shape index (κ3) is 5.32. The van der Waals surface area contributed by atoms with E-state index in [1.807, 2.05) is 38.1 Å². The van der Waals surface area contributed by atoms with E-state index in [1.165, 1.54) is 0 Å². The highest BCUT2D eigenvalue weighted by atomic mass is 35.5. The summed E-state index contributed by atoms with van der Waals surface area (Å²) < 4.78 is 5.56. The molecule has 0 saturated carbocycles. The fraction of sp³-hybridized carbons (Fsp3) is 0.500. The van der Waals surface area contributed by atoms with Crippen molar-refractivity contribution >= 4 is 35.8 Å². The summed E-state index contributed by atoms with van der Waals surface area (Å²) in [5, 5.41) is 6.10. The van der Waals surface area contributed by atoms with Gasteiger partial charge < -0.3 is 10.1 Å². The summed E-state index contributed by atoms with van der Waals surface area (Å²) in [7, 11) is 0. The van der Waals surface area contributed by atoms with Gasteiger partial charge >= 0.3 is 0 Å². The van der Waals surface area contributed by atoms with Crippen molar-refractivity contribution in [2.45, 2.75) is 32.6 Å². The highest BCUT2D eigenvalue weighted by Gasteiger charge is 2.22. The second kappa shape index (κ2) is 8.52. The number of hydrogen-bond acceptors (Lipinski definition) is 4. The van der Waals surface area contributed by atoms with E-state index in [4.69, 9.17) is 4.74 Å². The third-order valence-electron chi connectivity index (χ3n) is 2.81. The molecule has 1 aromatic rings. The van der Waals surface area contributed by atoms with Gasteiger partial charge in [-0.15, -0.1) is 24.2 Å². The summed E-state index contributed by atoms with van der Waals surface area (Å²) in [6.45, 7) is 4.59. The zero-order valence-electron chi connectivity index (χ0n) is 11.7. The van der Waals surface area contributed by atoms with Crippen LogP contribution < -0.4 is 10.6 Å². The van der Waals surface area contributed by atoms with Crippen LogP contribution in [-0.2, 0) is 16.1 Å². The number of rotatable bonds is 5. The predicted octanol–water partition coefficient (Wildman–Crippen LogP) is 2.63. The lowest BCUT2D eigenvalue weighted by molar-refractivity contribution is -0.117. The summed E-state index contributed by atoms with van der Waals surface area (Å²) in [5.41, 5.74) is 1.90. The molecular formula is C14H21ClN2O2S. The van der Waals surface area contributed by atoms with Gasteiger partial charge in [0.2, 0.25) is 5.91 Å². The van der Waals surface area contributed by atoms with Crippen molar-refractivity contribution in [3.05, 3.63) is 29.8 Å². The summed E-state index contributed by atoms with van der Waals surface area (Å²) in [6, 6.07) is 7.72. The van der Waals surface area contributed by atoms with Crippen molar-refractivity contribution in [3.63, 3.8) is 0 Å². The summed E-state index contributed by atoms with van der Waals surface area (Å²) in [4.78, 5) is 12.0.